The summed E-state index contributed by atoms with van der Waals surface area (Å²) < 4.78 is 0. The predicted octanol–water partition coefficient (Wildman–Crippen LogP) is 3.54. The molecule has 0 bridgehead atoms. The zero-order valence-corrected chi connectivity index (χ0v) is 9.70. The van der Waals surface area contributed by atoms with Gasteiger partial charge in [0.25, 0.3) is 0 Å². The number of nitriles is 1. The van der Waals surface area contributed by atoms with E-state index in [0.717, 1.165) is 5.69 Å². The van der Waals surface area contributed by atoms with Crippen LogP contribution in [-0.2, 0) is 0 Å². The Morgan fingerprint density at radius 3 is 2.71 bits per heavy atom. The van der Waals surface area contributed by atoms with Gasteiger partial charge in [0.05, 0.1) is 11.3 Å². The fraction of sp³-hybridized carbons (Fsp3) is 0. The Bertz CT molecular complexity index is 587. The third-order valence-electron chi connectivity index (χ3n) is 2.27. The lowest BCUT2D eigenvalue weighted by Crippen LogP contribution is -1.95. The molecule has 0 aliphatic heterocycles. The van der Waals surface area contributed by atoms with Crippen LogP contribution < -0.4 is 11.1 Å². The van der Waals surface area contributed by atoms with Crippen molar-refractivity contribution < 1.29 is 0 Å². The quantitative estimate of drug-likeness (QED) is 0.793. The minimum absolute atomic E-state index is 0.505. The molecule has 0 aliphatic rings. The topological polar surface area (TPSA) is 61.8 Å². The van der Waals surface area contributed by atoms with Crippen molar-refractivity contribution in [1.82, 2.24) is 0 Å². The molecule has 0 unspecified atom stereocenters. The second-order valence-corrected chi connectivity index (χ2v) is 3.99. The van der Waals surface area contributed by atoms with E-state index in [0.29, 0.717) is 22.0 Å². The van der Waals surface area contributed by atoms with Crippen LogP contribution in [0.25, 0.3) is 0 Å². The Hall–Kier alpha value is -2.18. The van der Waals surface area contributed by atoms with Crippen LogP contribution in [0.4, 0.5) is 17.1 Å². The minimum Gasteiger partial charge on any atom is -0.399 e. The SMILES string of the molecule is N#Cc1cc(N)ccc1Nc1cccc(Cl)c1. The zero-order valence-electron chi connectivity index (χ0n) is 8.94. The van der Waals surface area contributed by atoms with Crippen molar-refractivity contribution in [2.45, 2.75) is 0 Å². The van der Waals surface area contributed by atoms with Gasteiger partial charge in [-0.1, -0.05) is 17.7 Å². The summed E-state index contributed by atoms with van der Waals surface area (Å²) in [4.78, 5) is 0. The van der Waals surface area contributed by atoms with Gasteiger partial charge in [0.15, 0.2) is 0 Å². The van der Waals surface area contributed by atoms with E-state index in [1.54, 1.807) is 30.3 Å². The van der Waals surface area contributed by atoms with Crippen molar-refractivity contribution in [2.75, 3.05) is 11.1 Å². The summed E-state index contributed by atoms with van der Waals surface area (Å²) in [5, 5.41) is 12.8. The first-order valence-corrected chi connectivity index (χ1v) is 5.39. The molecule has 3 N–H and O–H groups in total. The molecular formula is C13H10ClN3. The maximum atomic E-state index is 9.00. The molecule has 0 atom stereocenters. The van der Waals surface area contributed by atoms with Gasteiger partial charge < -0.3 is 11.1 Å². The Kier molecular flexibility index (Phi) is 3.17. The number of nitrogens with one attached hydrogen (secondary N) is 1. The minimum atomic E-state index is 0.505. The molecule has 0 saturated heterocycles. The summed E-state index contributed by atoms with van der Waals surface area (Å²) >= 11 is 5.88. The lowest BCUT2D eigenvalue weighted by molar-refractivity contribution is 1.46. The van der Waals surface area contributed by atoms with Crippen molar-refractivity contribution in [1.29, 1.82) is 5.26 Å². The third kappa shape index (κ3) is 2.68. The van der Waals surface area contributed by atoms with E-state index in [-0.39, 0.29) is 0 Å². The van der Waals surface area contributed by atoms with Crippen LogP contribution in [0.5, 0.6) is 0 Å². The van der Waals surface area contributed by atoms with Crippen molar-refractivity contribution in [2.24, 2.45) is 0 Å². The average molecular weight is 244 g/mol. The number of nitrogens with zero attached hydrogens (tertiary/aromatic N) is 1. The van der Waals surface area contributed by atoms with Gasteiger partial charge in [-0.15, -0.1) is 0 Å². The van der Waals surface area contributed by atoms with Crippen molar-refractivity contribution in [3.63, 3.8) is 0 Å². The number of anilines is 3. The molecule has 0 heterocycles. The first-order chi connectivity index (χ1) is 8.19. The molecule has 17 heavy (non-hydrogen) atoms. The predicted molar refractivity (Wildman–Crippen MR) is 70.3 cm³/mol. The first-order valence-electron chi connectivity index (χ1n) is 5.01. The maximum absolute atomic E-state index is 9.00. The van der Waals surface area contributed by atoms with E-state index >= 15 is 0 Å². The Morgan fingerprint density at radius 2 is 2.00 bits per heavy atom. The number of rotatable bonds is 2. The summed E-state index contributed by atoms with van der Waals surface area (Å²) in [6, 6.07) is 14.5. The largest absolute Gasteiger partial charge is 0.399 e. The van der Waals surface area contributed by atoms with Crippen LogP contribution in [0.1, 0.15) is 5.56 Å². The first kappa shape index (κ1) is 11.3. The highest BCUT2D eigenvalue weighted by atomic mass is 35.5. The van der Waals surface area contributed by atoms with Crippen LogP contribution in [-0.4, -0.2) is 0 Å². The second kappa shape index (κ2) is 4.77. The van der Waals surface area contributed by atoms with Crippen molar-refractivity contribution in [3.8, 4) is 6.07 Å². The van der Waals surface area contributed by atoms with Gasteiger partial charge in [-0.2, -0.15) is 5.26 Å². The molecule has 0 radical (unpaired) electrons. The molecule has 4 heteroatoms. The molecule has 0 amide bonds. The number of hydrogen-bond donors (Lipinski definition) is 2. The number of hydrogen-bond acceptors (Lipinski definition) is 3. The molecule has 2 aromatic carbocycles. The van der Waals surface area contributed by atoms with E-state index in [4.69, 9.17) is 22.6 Å². The molecule has 0 fully saturated rings. The van der Waals surface area contributed by atoms with Gasteiger partial charge in [-0.25, -0.2) is 0 Å². The molecule has 0 spiro atoms. The van der Waals surface area contributed by atoms with E-state index in [1.165, 1.54) is 0 Å². The third-order valence-corrected chi connectivity index (χ3v) is 2.50. The van der Waals surface area contributed by atoms with E-state index < -0.39 is 0 Å². The Labute approximate surface area is 104 Å². The van der Waals surface area contributed by atoms with Gasteiger partial charge in [-0.05, 0) is 36.4 Å². The molecule has 0 saturated carbocycles. The number of halogens is 1. The van der Waals surface area contributed by atoms with Crippen LogP contribution in [0.2, 0.25) is 5.02 Å². The van der Waals surface area contributed by atoms with Gasteiger partial charge >= 0.3 is 0 Å². The highest BCUT2D eigenvalue weighted by molar-refractivity contribution is 6.30. The van der Waals surface area contributed by atoms with Crippen molar-refractivity contribution >= 4 is 28.7 Å². The lowest BCUT2D eigenvalue weighted by Gasteiger charge is -2.08. The summed E-state index contributed by atoms with van der Waals surface area (Å²) in [6.07, 6.45) is 0. The molecule has 84 valence electrons. The van der Waals surface area contributed by atoms with Crippen molar-refractivity contribution in [3.05, 3.63) is 53.1 Å². The zero-order chi connectivity index (χ0) is 12.3. The Balaban J connectivity index is 2.34. The van der Waals surface area contributed by atoms with Gasteiger partial charge in [0, 0.05) is 16.4 Å². The van der Waals surface area contributed by atoms with E-state index in [1.807, 2.05) is 12.1 Å². The molecule has 0 aliphatic carbocycles. The summed E-state index contributed by atoms with van der Waals surface area (Å²) in [5.74, 6) is 0. The van der Waals surface area contributed by atoms with Crippen LogP contribution in [0.3, 0.4) is 0 Å². The van der Waals surface area contributed by atoms with Crippen LogP contribution >= 0.6 is 11.6 Å². The van der Waals surface area contributed by atoms with E-state index in [9.17, 15) is 0 Å². The lowest BCUT2D eigenvalue weighted by atomic mass is 10.1. The highest BCUT2D eigenvalue weighted by Crippen LogP contribution is 2.24. The monoisotopic (exact) mass is 243 g/mol. The number of benzene rings is 2. The van der Waals surface area contributed by atoms with Crippen LogP contribution in [0.15, 0.2) is 42.5 Å². The molecular weight excluding hydrogens is 234 g/mol. The molecule has 0 aromatic heterocycles. The summed E-state index contributed by atoms with van der Waals surface area (Å²) in [5.41, 5.74) is 8.24. The number of nitrogen functional groups attached to an aromatic ring is 1. The fourth-order valence-corrected chi connectivity index (χ4v) is 1.68. The normalized spacial score (nSPS) is 9.65. The standard InChI is InChI=1S/C13H10ClN3/c14-10-2-1-3-12(7-10)17-13-5-4-11(16)6-9(13)8-15/h1-7,17H,16H2. The van der Waals surface area contributed by atoms with Crippen LogP contribution in [0, 0.1) is 11.3 Å². The van der Waals surface area contributed by atoms with Gasteiger partial charge in [-0.3, -0.25) is 0 Å². The van der Waals surface area contributed by atoms with Gasteiger partial charge in [0.2, 0.25) is 0 Å². The molecule has 3 nitrogen and oxygen atoms in total. The number of nitrogens with two attached hydrogens (primary N) is 1. The highest BCUT2D eigenvalue weighted by Gasteiger charge is 2.03. The summed E-state index contributed by atoms with van der Waals surface area (Å²) in [6.45, 7) is 0. The van der Waals surface area contributed by atoms with E-state index in [2.05, 4.69) is 11.4 Å². The summed E-state index contributed by atoms with van der Waals surface area (Å²) in [7, 11) is 0. The maximum Gasteiger partial charge on any atom is 0.101 e. The fourth-order valence-electron chi connectivity index (χ4n) is 1.49. The van der Waals surface area contributed by atoms with Gasteiger partial charge in [0.1, 0.15) is 6.07 Å². The molecule has 2 aromatic rings. The smallest absolute Gasteiger partial charge is 0.101 e. The Morgan fingerprint density at radius 1 is 1.18 bits per heavy atom. The molecule has 2 rings (SSSR count). The second-order valence-electron chi connectivity index (χ2n) is 3.55. The average Bonchev–Trinajstić information content (AvgIpc) is 2.31.